The smallest absolute Gasteiger partial charge is 0.216 e. The van der Waals surface area contributed by atoms with E-state index in [1.165, 1.54) is 5.69 Å². The van der Waals surface area contributed by atoms with Crippen LogP contribution in [0.2, 0.25) is 0 Å². The molecule has 7 nitrogen and oxygen atoms in total. The fourth-order valence-corrected chi connectivity index (χ4v) is 1.98. The number of halogens is 2. The first-order valence-electron chi connectivity index (χ1n) is 6.67. The number of aryl methyl sites for hydroxylation is 1. The molecule has 0 spiro atoms. The second-order valence-corrected chi connectivity index (χ2v) is 6.61. The van der Waals surface area contributed by atoms with Gasteiger partial charge < -0.3 is 4.90 Å². The molecule has 9 heteroatoms. The molecule has 130 valence electrons. The SMILES string of the molecule is Cc1ccc(Br)c[n+]1/N=C/c1ccc(N(C)C)cc1.[O-][Cl+3]([O-])([O-])[O-]. The van der Waals surface area contributed by atoms with E-state index in [9.17, 15) is 0 Å². The molecule has 0 bridgehead atoms. The van der Waals surface area contributed by atoms with Crippen molar-refractivity contribution < 1.29 is 33.6 Å². The van der Waals surface area contributed by atoms with Gasteiger partial charge >= 0.3 is 0 Å². The number of hydrogen-bond donors (Lipinski definition) is 0. The van der Waals surface area contributed by atoms with E-state index < -0.39 is 10.2 Å². The van der Waals surface area contributed by atoms with Crippen molar-refractivity contribution in [2.75, 3.05) is 19.0 Å². The van der Waals surface area contributed by atoms with Crippen LogP contribution < -0.4 is 28.2 Å². The van der Waals surface area contributed by atoms with Gasteiger partial charge in [-0.2, -0.15) is 0 Å². The molecule has 1 aromatic heterocycles. The molecule has 24 heavy (non-hydrogen) atoms. The van der Waals surface area contributed by atoms with Crippen molar-refractivity contribution in [1.29, 1.82) is 0 Å². The predicted octanol–water partition coefficient (Wildman–Crippen LogP) is -1.76. The Balaban J connectivity index is 0.000000505. The van der Waals surface area contributed by atoms with Gasteiger partial charge in [0.25, 0.3) is 0 Å². The molecule has 0 unspecified atom stereocenters. The van der Waals surface area contributed by atoms with Crippen molar-refractivity contribution >= 4 is 27.8 Å². The summed E-state index contributed by atoms with van der Waals surface area (Å²) in [5.41, 5.74) is 3.35. The quantitative estimate of drug-likeness (QED) is 0.433. The summed E-state index contributed by atoms with van der Waals surface area (Å²) in [5, 5.41) is 4.46. The fraction of sp³-hybridized carbons (Fsp3) is 0.200. The maximum Gasteiger partial charge on any atom is 0.216 e. The molecule has 0 saturated carbocycles. The maximum absolute atomic E-state index is 8.49. The normalized spacial score (nSPS) is 11.2. The maximum atomic E-state index is 8.49. The molecule has 0 aliphatic rings. The number of aromatic nitrogens is 1. The van der Waals surface area contributed by atoms with Gasteiger partial charge in [0.15, 0.2) is 0 Å². The predicted molar refractivity (Wildman–Crippen MR) is 82.8 cm³/mol. The van der Waals surface area contributed by atoms with E-state index in [-0.39, 0.29) is 0 Å². The number of hydrogen-bond acceptors (Lipinski definition) is 6. The van der Waals surface area contributed by atoms with Crippen molar-refractivity contribution in [2.45, 2.75) is 6.92 Å². The van der Waals surface area contributed by atoms with E-state index in [4.69, 9.17) is 18.6 Å². The molecule has 0 amide bonds. The van der Waals surface area contributed by atoms with Gasteiger partial charge in [0.1, 0.15) is 6.21 Å². The highest BCUT2D eigenvalue weighted by Gasteiger charge is 2.04. The third-order valence-corrected chi connectivity index (χ3v) is 3.30. The van der Waals surface area contributed by atoms with Crippen molar-refractivity contribution in [3.8, 4) is 0 Å². The minimum absolute atomic E-state index is 1.01. The molecule has 0 atom stereocenters. The number of pyridine rings is 1. The van der Waals surface area contributed by atoms with Gasteiger partial charge in [0.05, 0.1) is 4.47 Å². The summed E-state index contributed by atoms with van der Waals surface area (Å²) in [7, 11) is -0.881. The van der Waals surface area contributed by atoms with Crippen LogP contribution in [0.1, 0.15) is 11.3 Å². The Labute approximate surface area is 151 Å². The first-order chi connectivity index (χ1) is 11.1. The van der Waals surface area contributed by atoms with Crippen molar-refractivity contribution in [2.24, 2.45) is 5.10 Å². The number of rotatable bonds is 3. The largest absolute Gasteiger partial charge is 0.378 e. The molecular weight excluding hydrogens is 402 g/mol. The molecule has 0 fully saturated rings. The molecule has 0 saturated heterocycles. The number of anilines is 1. The Morgan fingerprint density at radius 2 is 1.58 bits per heavy atom. The minimum atomic E-state index is -4.94. The lowest BCUT2D eigenvalue weighted by Gasteiger charge is -2.17. The van der Waals surface area contributed by atoms with Crippen LogP contribution in [0.5, 0.6) is 0 Å². The van der Waals surface area contributed by atoms with Crippen LogP contribution in [-0.4, -0.2) is 20.3 Å². The molecule has 0 aliphatic heterocycles. The topological polar surface area (TPSA) is 112 Å². The third kappa shape index (κ3) is 8.34. The molecule has 0 N–H and O–H groups in total. The number of nitrogens with zero attached hydrogens (tertiary/aromatic N) is 3. The zero-order chi connectivity index (χ0) is 18.3. The highest BCUT2D eigenvalue weighted by molar-refractivity contribution is 9.10. The molecule has 2 aromatic rings. The second-order valence-electron chi connectivity index (χ2n) is 4.94. The minimum Gasteiger partial charge on any atom is -0.378 e. The monoisotopic (exact) mass is 417 g/mol. The summed E-state index contributed by atoms with van der Waals surface area (Å²) in [6.45, 7) is 2.03. The standard InChI is InChI=1S/C15H17BrN3.ClHO4/c1-12-4-7-14(16)11-19(12)17-10-13-5-8-15(9-6-13)18(2)3;2-1(3,4)5/h4-11H,1-3H3;(H,2,3,4,5)/q+1;/p-1/b17-10+;. The summed E-state index contributed by atoms with van der Waals surface area (Å²) in [6.07, 6.45) is 3.80. The van der Waals surface area contributed by atoms with Crippen LogP contribution in [0, 0.1) is 17.2 Å². The third-order valence-electron chi connectivity index (χ3n) is 2.83. The van der Waals surface area contributed by atoms with Gasteiger partial charge in [0, 0.05) is 32.8 Å². The van der Waals surface area contributed by atoms with Gasteiger partial charge in [-0.25, -0.2) is 18.6 Å². The molecule has 0 aliphatic carbocycles. The van der Waals surface area contributed by atoms with E-state index in [0.717, 1.165) is 15.7 Å². The van der Waals surface area contributed by atoms with Gasteiger partial charge in [-0.3, -0.25) is 0 Å². The summed E-state index contributed by atoms with van der Waals surface area (Å²) in [6, 6.07) is 12.3. The lowest BCUT2D eigenvalue weighted by Crippen LogP contribution is -2.68. The average molecular weight is 419 g/mol. The van der Waals surface area contributed by atoms with Crippen molar-refractivity contribution in [3.05, 3.63) is 58.3 Å². The zero-order valence-electron chi connectivity index (χ0n) is 13.3. The first-order valence-corrected chi connectivity index (χ1v) is 8.70. The van der Waals surface area contributed by atoms with E-state index in [0.29, 0.717) is 0 Å². The van der Waals surface area contributed by atoms with Gasteiger partial charge in [-0.1, -0.05) is 16.8 Å². The van der Waals surface area contributed by atoms with Crippen LogP contribution in [0.15, 0.2) is 52.2 Å². The van der Waals surface area contributed by atoms with E-state index >= 15 is 0 Å². The lowest BCUT2D eigenvalue weighted by atomic mass is 10.2. The number of benzene rings is 1. The van der Waals surface area contributed by atoms with Crippen LogP contribution in [0.4, 0.5) is 5.69 Å². The van der Waals surface area contributed by atoms with E-state index in [1.54, 1.807) is 0 Å². The summed E-state index contributed by atoms with van der Waals surface area (Å²) in [5.74, 6) is 0. The first kappa shape index (κ1) is 20.5. The molecular formula is C15H17BrClN3O4. The summed E-state index contributed by atoms with van der Waals surface area (Å²) < 4.78 is 36.8. The van der Waals surface area contributed by atoms with Gasteiger partial charge in [-0.15, -0.1) is 10.2 Å². The van der Waals surface area contributed by atoms with E-state index in [1.807, 2.05) is 50.2 Å². The van der Waals surface area contributed by atoms with Gasteiger partial charge in [0.2, 0.25) is 11.9 Å². The molecule has 0 radical (unpaired) electrons. The fourth-order valence-electron chi connectivity index (χ4n) is 1.65. The Morgan fingerprint density at radius 3 is 2.08 bits per heavy atom. The molecule has 1 aromatic carbocycles. The molecule has 2 rings (SSSR count). The Kier molecular flexibility index (Phi) is 7.74. The van der Waals surface area contributed by atoms with Crippen LogP contribution >= 0.6 is 15.9 Å². The van der Waals surface area contributed by atoms with Crippen LogP contribution in [0.3, 0.4) is 0 Å². The average Bonchev–Trinajstić information content (AvgIpc) is 2.47. The molecule has 1 heterocycles. The van der Waals surface area contributed by atoms with E-state index in [2.05, 4.69) is 50.2 Å². The Morgan fingerprint density at radius 1 is 1.04 bits per heavy atom. The van der Waals surface area contributed by atoms with Crippen molar-refractivity contribution in [3.63, 3.8) is 0 Å². The van der Waals surface area contributed by atoms with Crippen LogP contribution in [0.25, 0.3) is 0 Å². The summed E-state index contributed by atoms with van der Waals surface area (Å²) in [4.78, 5) is 2.08. The van der Waals surface area contributed by atoms with Crippen molar-refractivity contribution in [1.82, 2.24) is 0 Å². The highest BCUT2D eigenvalue weighted by atomic mass is 79.9. The lowest BCUT2D eigenvalue weighted by molar-refractivity contribution is -2.00. The zero-order valence-corrected chi connectivity index (χ0v) is 15.7. The van der Waals surface area contributed by atoms with Gasteiger partial charge in [-0.05, 0) is 44.8 Å². The second kappa shape index (κ2) is 9.07. The Hall–Kier alpha value is -1.55. The Bertz CT molecular complexity index is 682. The highest BCUT2D eigenvalue weighted by Crippen LogP contribution is 2.11. The summed E-state index contributed by atoms with van der Waals surface area (Å²) >= 11 is 3.45. The van der Waals surface area contributed by atoms with Crippen LogP contribution in [-0.2, 0) is 0 Å².